The van der Waals surface area contributed by atoms with Gasteiger partial charge in [0.25, 0.3) is 5.91 Å². The Bertz CT molecular complexity index is 1220. The zero-order valence-corrected chi connectivity index (χ0v) is 18.3. The van der Waals surface area contributed by atoms with Crippen LogP contribution in [-0.4, -0.2) is 15.7 Å². The van der Waals surface area contributed by atoms with E-state index in [9.17, 15) is 4.79 Å². The molecule has 0 saturated heterocycles. The van der Waals surface area contributed by atoms with E-state index in [1.807, 2.05) is 6.07 Å². The predicted octanol–water partition coefficient (Wildman–Crippen LogP) is 6.32. The fourth-order valence-electron chi connectivity index (χ4n) is 2.81. The minimum atomic E-state index is -0.409. The maximum absolute atomic E-state index is 12.5. The standard InChI is InChI=1S/C22H16Cl3N3O3/c23-15-2-1-3-16(11-15)30-13-17-5-7-20(31-17)22(29)26-21-8-9-28(27-21)12-14-4-6-18(24)19(25)10-14/h1-11H,12-13H2,(H,26,27,29). The molecule has 0 aliphatic rings. The van der Waals surface area contributed by atoms with Gasteiger partial charge in [0, 0.05) is 17.3 Å². The van der Waals surface area contributed by atoms with Gasteiger partial charge in [-0.25, -0.2) is 0 Å². The van der Waals surface area contributed by atoms with Crippen LogP contribution in [0, 0.1) is 0 Å². The molecule has 2 heterocycles. The second-order valence-electron chi connectivity index (χ2n) is 6.61. The molecule has 2 aromatic carbocycles. The number of carbonyl (C=O) groups excluding carboxylic acids is 1. The molecule has 158 valence electrons. The molecule has 0 radical (unpaired) electrons. The van der Waals surface area contributed by atoms with Crippen molar-refractivity contribution < 1.29 is 13.9 Å². The summed E-state index contributed by atoms with van der Waals surface area (Å²) in [6, 6.07) is 17.4. The number of benzene rings is 2. The Morgan fingerprint density at radius 2 is 1.90 bits per heavy atom. The Labute approximate surface area is 193 Å². The molecule has 0 unspecified atom stereocenters. The number of nitrogens with one attached hydrogen (secondary N) is 1. The summed E-state index contributed by atoms with van der Waals surface area (Å²) in [6.45, 7) is 0.657. The van der Waals surface area contributed by atoms with Crippen LogP contribution in [0.1, 0.15) is 21.9 Å². The first-order chi connectivity index (χ1) is 15.0. The van der Waals surface area contributed by atoms with Crippen LogP contribution in [0.3, 0.4) is 0 Å². The molecular weight excluding hydrogens is 461 g/mol. The highest BCUT2D eigenvalue weighted by atomic mass is 35.5. The monoisotopic (exact) mass is 475 g/mol. The molecule has 0 aliphatic heterocycles. The van der Waals surface area contributed by atoms with Gasteiger partial charge in [-0.1, -0.05) is 46.9 Å². The van der Waals surface area contributed by atoms with Gasteiger partial charge in [0.2, 0.25) is 0 Å². The Morgan fingerprint density at radius 3 is 2.71 bits per heavy atom. The fourth-order valence-corrected chi connectivity index (χ4v) is 3.31. The van der Waals surface area contributed by atoms with Crippen molar-refractivity contribution in [2.24, 2.45) is 0 Å². The van der Waals surface area contributed by atoms with Crippen molar-refractivity contribution in [3.05, 3.63) is 99.0 Å². The van der Waals surface area contributed by atoms with Crippen LogP contribution in [0.15, 0.2) is 71.3 Å². The molecule has 9 heteroatoms. The Kier molecular flexibility index (Phi) is 6.51. The number of carbonyl (C=O) groups is 1. The van der Waals surface area contributed by atoms with Crippen molar-refractivity contribution in [2.75, 3.05) is 5.32 Å². The topological polar surface area (TPSA) is 69.3 Å². The molecule has 2 aromatic heterocycles. The van der Waals surface area contributed by atoms with Gasteiger partial charge >= 0.3 is 0 Å². The maximum Gasteiger partial charge on any atom is 0.292 e. The third kappa shape index (κ3) is 5.61. The molecule has 4 rings (SSSR count). The molecule has 6 nitrogen and oxygen atoms in total. The van der Waals surface area contributed by atoms with Crippen LogP contribution < -0.4 is 10.1 Å². The number of nitrogens with zero attached hydrogens (tertiary/aromatic N) is 2. The van der Waals surface area contributed by atoms with Crippen LogP contribution in [0.5, 0.6) is 5.75 Å². The Hall–Kier alpha value is -2.93. The highest BCUT2D eigenvalue weighted by molar-refractivity contribution is 6.42. The van der Waals surface area contributed by atoms with Crippen LogP contribution >= 0.6 is 34.8 Å². The highest BCUT2D eigenvalue weighted by Crippen LogP contribution is 2.23. The van der Waals surface area contributed by atoms with Gasteiger partial charge in [-0.2, -0.15) is 5.10 Å². The maximum atomic E-state index is 12.5. The lowest BCUT2D eigenvalue weighted by Crippen LogP contribution is -2.12. The summed E-state index contributed by atoms with van der Waals surface area (Å²) < 4.78 is 12.9. The average Bonchev–Trinajstić information content (AvgIpc) is 3.39. The van der Waals surface area contributed by atoms with E-state index in [-0.39, 0.29) is 12.4 Å². The lowest BCUT2D eigenvalue weighted by Gasteiger charge is -2.04. The van der Waals surface area contributed by atoms with Crippen molar-refractivity contribution >= 4 is 46.5 Å². The first-order valence-corrected chi connectivity index (χ1v) is 10.4. The SMILES string of the molecule is O=C(Nc1ccn(Cc2ccc(Cl)c(Cl)c2)n1)c1ccc(COc2cccc(Cl)c2)o1. The van der Waals surface area contributed by atoms with Crippen LogP contribution in [0.2, 0.25) is 15.1 Å². The molecule has 0 aliphatic carbocycles. The van der Waals surface area contributed by atoms with Crippen molar-refractivity contribution in [1.29, 1.82) is 0 Å². The summed E-state index contributed by atoms with van der Waals surface area (Å²) in [5, 5.41) is 8.61. The third-order valence-corrected chi connectivity index (χ3v) is 5.25. The normalized spacial score (nSPS) is 10.8. The second-order valence-corrected chi connectivity index (χ2v) is 7.86. The number of halogens is 3. The van der Waals surface area contributed by atoms with Crippen LogP contribution in [0.25, 0.3) is 0 Å². The number of aromatic nitrogens is 2. The van der Waals surface area contributed by atoms with Crippen molar-refractivity contribution in [3.63, 3.8) is 0 Å². The molecule has 4 aromatic rings. The highest BCUT2D eigenvalue weighted by Gasteiger charge is 2.13. The van der Waals surface area contributed by atoms with E-state index >= 15 is 0 Å². The minimum Gasteiger partial charge on any atom is -0.486 e. The zero-order valence-electron chi connectivity index (χ0n) is 16.0. The van der Waals surface area contributed by atoms with E-state index in [0.717, 1.165) is 5.56 Å². The van der Waals surface area contributed by atoms with E-state index < -0.39 is 5.91 Å². The van der Waals surface area contributed by atoms with E-state index in [1.165, 1.54) is 0 Å². The van der Waals surface area contributed by atoms with Crippen LogP contribution in [-0.2, 0) is 13.2 Å². The molecule has 0 bridgehead atoms. The molecule has 0 atom stereocenters. The molecular formula is C22H16Cl3N3O3. The third-order valence-electron chi connectivity index (χ3n) is 4.27. The average molecular weight is 477 g/mol. The first kappa shape index (κ1) is 21.3. The van der Waals surface area contributed by atoms with Gasteiger partial charge in [0.1, 0.15) is 18.1 Å². The van der Waals surface area contributed by atoms with E-state index in [1.54, 1.807) is 65.5 Å². The van der Waals surface area contributed by atoms with Gasteiger partial charge < -0.3 is 14.5 Å². The van der Waals surface area contributed by atoms with E-state index in [2.05, 4.69) is 10.4 Å². The van der Waals surface area contributed by atoms with Gasteiger partial charge in [-0.05, 0) is 48.0 Å². The van der Waals surface area contributed by atoms with Gasteiger partial charge in [-0.3, -0.25) is 9.48 Å². The number of hydrogen-bond donors (Lipinski definition) is 1. The summed E-state index contributed by atoms with van der Waals surface area (Å²) in [5.74, 6) is 1.27. The summed E-state index contributed by atoms with van der Waals surface area (Å²) in [7, 11) is 0. The largest absolute Gasteiger partial charge is 0.486 e. The van der Waals surface area contributed by atoms with Gasteiger partial charge in [0.05, 0.1) is 16.6 Å². The Morgan fingerprint density at radius 1 is 1.03 bits per heavy atom. The quantitative estimate of drug-likeness (QED) is 0.339. The molecule has 1 amide bonds. The van der Waals surface area contributed by atoms with Crippen molar-refractivity contribution in [3.8, 4) is 5.75 Å². The number of amides is 1. The smallest absolute Gasteiger partial charge is 0.292 e. The molecule has 31 heavy (non-hydrogen) atoms. The Balaban J connectivity index is 1.34. The number of rotatable bonds is 7. The van der Waals surface area contributed by atoms with Crippen molar-refractivity contribution in [2.45, 2.75) is 13.2 Å². The lowest BCUT2D eigenvalue weighted by atomic mass is 10.2. The van der Waals surface area contributed by atoms with Crippen molar-refractivity contribution in [1.82, 2.24) is 9.78 Å². The summed E-state index contributed by atoms with van der Waals surface area (Å²) in [5.41, 5.74) is 0.936. The number of ether oxygens (including phenoxy) is 1. The first-order valence-electron chi connectivity index (χ1n) is 9.22. The predicted molar refractivity (Wildman–Crippen MR) is 120 cm³/mol. The summed E-state index contributed by atoms with van der Waals surface area (Å²) in [6.07, 6.45) is 1.75. The van der Waals surface area contributed by atoms with Gasteiger partial charge in [0.15, 0.2) is 11.6 Å². The van der Waals surface area contributed by atoms with Crippen LogP contribution in [0.4, 0.5) is 5.82 Å². The number of anilines is 1. The van der Waals surface area contributed by atoms with E-state index in [4.69, 9.17) is 44.0 Å². The second kappa shape index (κ2) is 9.47. The minimum absolute atomic E-state index is 0.156. The molecule has 0 fully saturated rings. The molecule has 0 spiro atoms. The van der Waals surface area contributed by atoms with Gasteiger partial charge in [-0.15, -0.1) is 0 Å². The summed E-state index contributed by atoms with van der Waals surface area (Å²) >= 11 is 17.9. The number of furan rings is 1. The van der Waals surface area contributed by atoms with E-state index in [0.29, 0.717) is 38.9 Å². The number of hydrogen-bond acceptors (Lipinski definition) is 4. The lowest BCUT2D eigenvalue weighted by molar-refractivity contribution is 0.0992. The zero-order chi connectivity index (χ0) is 21.8. The summed E-state index contributed by atoms with van der Waals surface area (Å²) in [4.78, 5) is 12.5. The molecule has 1 N–H and O–H groups in total. The fraction of sp³-hybridized carbons (Fsp3) is 0.0909. The molecule has 0 saturated carbocycles.